The number of rotatable bonds is 1. The van der Waals surface area contributed by atoms with E-state index in [-0.39, 0.29) is 30.3 Å². The van der Waals surface area contributed by atoms with E-state index < -0.39 is 0 Å². The molecule has 0 aromatic carbocycles. The van der Waals surface area contributed by atoms with Gasteiger partial charge in [-0.1, -0.05) is 0 Å². The zero-order chi connectivity index (χ0) is 3.41. The average molecular weight is 126 g/mol. The molecule has 0 bridgehead atoms. The molecule has 0 aliphatic carbocycles. The van der Waals surface area contributed by atoms with E-state index in [1.807, 2.05) is 0 Å². The minimum Gasteiger partial charge on any atom is -0.394 e. The third-order valence-corrected chi connectivity index (χ3v) is 0.1000. The van der Waals surface area contributed by atoms with E-state index in [1.165, 1.54) is 0 Å². The molecule has 0 heterocycles. The minimum absolute atomic E-state index is 0. The van der Waals surface area contributed by atoms with E-state index in [0.29, 0.717) is 0 Å². The molecular formula is C2H6CuO2. The summed E-state index contributed by atoms with van der Waals surface area (Å²) in [6, 6.07) is 0. The van der Waals surface area contributed by atoms with Gasteiger partial charge in [0.15, 0.2) is 0 Å². The predicted molar refractivity (Wildman–Crippen MR) is 14.2 cm³/mol. The molecule has 0 aliphatic heterocycles. The van der Waals surface area contributed by atoms with Crippen LogP contribution in [-0.4, -0.2) is 23.4 Å². The van der Waals surface area contributed by atoms with Crippen LogP contribution >= 0.6 is 0 Å². The maximum atomic E-state index is 7.62. The van der Waals surface area contributed by atoms with Crippen molar-refractivity contribution < 1.29 is 27.3 Å². The predicted octanol–water partition coefficient (Wildman–Crippen LogP) is -1.03. The molecule has 1 radical (unpaired) electrons. The van der Waals surface area contributed by atoms with Crippen LogP contribution in [0.25, 0.3) is 0 Å². The van der Waals surface area contributed by atoms with Gasteiger partial charge in [0.25, 0.3) is 0 Å². The smallest absolute Gasteiger partial charge is 0.0662 e. The number of aliphatic hydroxyl groups excluding tert-OH is 2. The van der Waals surface area contributed by atoms with Gasteiger partial charge in [-0.2, -0.15) is 0 Å². The van der Waals surface area contributed by atoms with Crippen molar-refractivity contribution in [1.29, 1.82) is 0 Å². The Balaban J connectivity index is 0. The molecule has 0 saturated carbocycles. The SMILES string of the molecule is OCCO.[Cu]. The summed E-state index contributed by atoms with van der Waals surface area (Å²) in [5, 5.41) is 15.2. The Morgan fingerprint density at radius 3 is 1.20 bits per heavy atom. The van der Waals surface area contributed by atoms with Crippen molar-refractivity contribution in [3.63, 3.8) is 0 Å². The van der Waals surface area contributed by atoms with Crippen LogP contribution in [0, 0.1) is 0 Å². The zero-order valence-corrected chi connectivity index (χ0v) is 3.55. The molecule has 0 rings (SSSR count). The molecule has 0 fully saturated rings. The number of aliphatic hydroxyl groups is 2. The Kier molecular flexibility index (Phi) is 16.0. The van der Waals surface area contributed by atoms with Gasteiger partial charge in [-0.3, -0.25) is 0 Å². The van der Waals surface area contributed by atoms with Gasteiger partial charge in [-0.15, -0.1) is 0 Å². The van der Waals surface area contributed by atoms with Gasteiger partial charge in [0, 0.05) is 17.1 Å². The van der Waals surface area contributed by atoms with Crippen LogP contribution in [0.15, 0.2) is 0 Å². The fraction of sp³-hybridized carbons (Fsp3) is 1.00. The Bertz CT molecular complexity index is 9.61. The molecular weight excluding hydrogens is 120 g/mol. The van der Waals surface area contributed by atoms with Crippen molar-refractivity contribution in [1.82, 2.24) is 0 Å². The molecule has 2 N–H and O–H groups in total. The first-order chi connectivity index (χ1) is 1.91. The van der Waals surface area contributed by atoms with Crippen molar-refractivity contribution in [3.05, 3.63) is 0 Å². The Morgan fingerprint density at radius 2 is 1.20 bits per heavy atom. The van der Waals surface area contributed by atoms with E-state index in [2.05, 4.69) is 0 Å². The van der Waals surface area contributed by atoms with Crippen LogP contribution in [0.1, 0.15) is 0 Å². The van der Waals surface area contributed by atoms with E-state index in [9.17, 15) is 0 Å². The van der Waals surface area contributed by atoms with Crippen LogP contribution in [0.2, 0.25) is 0 Å². The van der Waals surface area contributed by atoms with Crippen LogP contribution in [-0.2, 0) is 17.1 Å². The van der Waals surface area contributed by atoms with Crippen LogP contribution < -0.4 is 0 Å². The third kappa shape index (κ3) is 12.8. The summed E-state index contributed by atoms with van der Waals surface area (Å²) >= 11 is 0. The first-order valence-corrected chi connectivity index (χ1v) is 1.13. The zero-order valence-electron chi connectivity index (χ0n) is 2.61. The third-order valence-electron chi connectivity index (χ3n) is 0.1000. The van der Waals surface area contributed by atoms with Gasteiger partial charge in [0.2, 0.25) is 0 Å². The van der Waals surface area contributed by atoms with Gasteiger partial charge in [-0.05, 0) is 0 Å². The molecule has 37 valence electrons. The maximum Gasteiger partial charge on any atom is 0.0662 e. The summed E-state index contributed by atoms with van der Waals surface area (Å²) in [5.74, 6) is 0. The van der Waals surface area contributed by atoms with Gasteiger partial charge in [0.1, 0.15) is 0 Å². The molecule has 0 aromatic rings. The quantitative estimate of drug-likeness (QED) is 0.440. The van der Waals surface area contributed by atoms with Gasteiger partial charge < -0.3 is 10.2 Å². The second-order valence-electron chi connectivity index (χ2n) is 0.447. The molecule has 0 unspecified atom stereocenters. The van der Waals surface area contributed by atoms with Crippen molar-refractivity contribution in [3.8, 4) is 0 Å². The van der Waals surface area contributed by atoms with Crippen LogP contribution in [0.3, 0.4) is 0 Å². The van der Waals surface area contributed by atoms with Crippen molar-refractivity contribution in [2.45, 2.75) is 0 Å². The van der Waals surface area contributed by atoms with Crippen molar-refractivity contribution >= 4 is 0 Å². The summed E-state index contributed by atoms with van der Waals surface area (Å²) in [6.07, 6.45) is 0. The minimum atomic E-state index is -0.125. The second kappa shape index (κ2) is 8.83. The first kappa shape index (κ1) is 9.06. The van der Waals surface area contributed by atoms with E-state index in [1.54, 1.807) is 0 Å². The molecule has 0 spiro atoms. The van der Waals surface area contributed by atoms with E-state index in [4.69, 9.17) is 10.2 Å². The molecule has 0 saturated heterocycles. The molecule has 0 aliphatic rings. The van der Waals surface area contributed by atoms with Gasteiger partial charge in [-0.25, -0.2) is 0 Å². The Morgan fingerprint density at radius 1 is 1.00 bits per heavy atom. The van der Waals surface area contributed by atoms with Crippen LogP contribution in [0.5, 0.6) is 0 Å². The van der Waals surface area contributed by atoms with Crippen LogP contribution in [0.4, 0.5) is 0 Å². The second-order valence-corrected chi connectivity index (χ2v) is 0.447. The molecule has 5 heavy (non-hydrogen) atoms. The van der Waals surface area contributed by atoms with E-state index in [0.717, 1.165) is 0 Å². The fourth-order valence-electron chi connectivity index (χ4n) is 0. The van der Waals surface area contributed by atoms with E-state index >= 15 is 0 Å². The Labute approximate surface area is 41.3 Å². The normalized spacial score (nSPS) is 6.00. The summed E-state index contributed by atoms with van der Waals surface area (Å²) < 4.78 is 0. The summed E-state index contributed by atoms with van der Waals surface area (Å²) in [7, 11) is 0. The first-order valence-electron chi connectivity index (χ1n) is 1.13. The molecule has 0 amide bonds. The van der Waals surface area contributed by atoms with Gasteiger partial charge >= 0.3 is 0 Å². The average Bonchev–Trinajstić information content (AvgIpc) is 1.37. The summed E-state index contributed by atoms with van der Waals surface area (Å²) in [6.45, 7) is -0.250. The maximum absolute atomic E-state index is 7.62. The Hall–Kier alpha value is 0.439. The topological polar surface area (TPSA) is 40.5 Å². The molecule has 0 atom stereocenters. The molecule has 2 nitrogen and oxygen atoms in total. The summed E-state index contributed by atoms with van der Waals surface area (Å²) in [5.41, 5.74) is 0. The largest absolute Gasteiger partial charge is 0.394 e. The molecule has 3 heteroatoms. The fourth-order valence-corrected chi connectivity index (χ4v) is 0. The monoisotopic (exact) mass is 125 g/mol. The van der Waals surface area contributed by atoms with Crippen molar-refractivity contribution in [2.24, 2.45) is 0 Å². The summed E-state index contributed by atoms with van der Waals surface area (Å²) in [4.78, 5) is 0. The van der Waals surface area contributed by atoms with Crippen molar-refractivity contribution in [2.75, 3.05) is 13.2 Å². The standard InChI is InChI=1S/C2H6O2.Cu/c3-1-2-4;/h3-4H,1-2H2;. The van der Waals surface area contributed by atoms with Gasteiger partial charge in [0.05, 0.1) is 13.2 Å². The molecule has 0 aromatic heterocycles. The number of hydrogen-bond acceptors (Lipinski definition) is 2. The number of hydrogen-bond donors (Lipinski definition) is 2.